The number of hydrazone groups is 1. The van der Waals surface area contributed by atoms with Crippen LogP contribution in [-0.4, -0.2) is 10.8 Å². The van der Waals surface area contributed by atoms with Crippen LogP contribution in [0.2, 0.25) is 0 Å². The second-order valence-corrected chi connectivity index (χ2v) is 3.84. The van der Waals surface area contributed by atoms with Gasteiger partial charge in [0.05, 0.1) is 5.69 Å². The van der Waals surface area contributed by atoms with Gasteiger partial charge in [0, 0.05) is 5.71 Å². The molecule has 0 bridgehead atoms. The van der Waals surface area contributed by atoms with Crippen molar-refractivity contribution in [1.82, 2.24) is 5.43 Å². The van der Waals surface area contributed by atoms with E-state index >= 15 is 0 Å². The Kier molecular flexibility index (Phi) is 5.56. The first-order valence-electron chi connectivity index (χ1n) is 5.54. The van der Waals surface area contributed by atoms with E-state index in [0.717, 1.165) is 18.6 Å². The summed E-state index contributed by atoms with van der Waals surface area (Å²) in [6, 6.07) is 6.35. The SMILES string of the molecule is CCC(CC)=NNC(=S)Nc1ccccc1F. The van der Waals surface area contributed by atoms with E-state index in [2.05, 4.69) is 15.8 Å². The van der Waals surface area contributed by atoms with Crippen LogP contribution in [0.1, 0.15) is 26.7 Å². The number of hydrogen-bond acceptors (Lipinski definition) is 2. The Morgan fingerprint density at radius 1 is 1.29 bits per heavy atom. The first-order chi connectivity index (χ1) is 8.17. The van der Waals surface area contributed by atoms with Crippen molar-refractivity contribution in [1.29, 1.82) is 0 Å². The van der Waals surface area contributed by atoms with Gasteiger partial charge in [-0.25, -0.2) is 4.39 Å². The molecule has 0 unspecified atom stereocenters. The molecule has 5 heteroatoms. The van der Waals surface area contributed by atoms with Crippen LogP contribution in [0.15, 0.2) is 29.4 Å². The Morgan fingerprint density at radius 2 is 1.94 bits per heavy atom. The van der Waals surface area contributed by atoms with E-state index in [0.29, 0.717) is 5.69 Å². The average molecular weight is 253 g/mol. The molecule has 0 aromatic heterocycles. The van der Waals surface area contributed by atoms with Gasteiger partial charge in [0.25, 0.3) is 0 Å². The molecule has 0 saturated heterocycles. The van der Waals surface area contributed by atoms with Gasteiger partial charge in [0.1, 0.15) is 5.82 Å². The molecule has 0 radical (unpaired) electrons. The third-order valence-electron chi connectivity index (χ3n) is 2.25. The summed E-state index contributed by atoms with van der Waals surface area (Å²) in [6.45, 7) is 4.05. The number of nitrogens with one attached hydrogen (secondary N) is 2. The van der Waals surface area contributed by atoms with Crippen molar-refractivity contribution in [2.75, 3.05) is 5.32 Å². The molecule has 0 spiro atoms. The van der Waals surface area contributed by atoms with Crippen LogP contribution in [0.25, 0.3) is 0 Å². The first kappa shape index (κ1) is 13.6. The molecule has 17 heavy (non-hydrogen) atoms. The average Bonchev–Trinajstić information content (AvgIpc) is 2.33. The summed E-state index contributed by atoms with van der Waals surface area (Å²) in [6.07, 6.45) is 1.73. The lowest BCUT2D eigenvalue weighted by Gasteiger charge is -2.08. The highest BCUT2D eigenvalue weighted by molar-refractivity contribution is 7.80. The fraction of sp³-hybridized carbons (Fsp3) is 0.333. The zero-order valence-electron chi connectivity index (χ0n) is 9.96. The van der Waals surface area contributed by atoms with Crippen molar-refractivity contribution in [3.05, 3.63) is 30.1 Å². The van der Waals surface area contributed by atoms with Crippen LogP contribution in [0.3, 0.4) is 0 Å². The van der Waals surface area contributed by atoms with Gasteiger partial charge in [-0.15, -0.1) is 0 Å². The van der Waals surface area contributed by atoms with E-state index in [1.54, 1.807) is 18.2 Å². The summed E-state index contributed by atoms with van der Waals surface area (Å²) in [4.78, 5) is 0. The molecule has 0 heterocycles. The van der Waals surface area contributed by atoms with Crippen molar-refractivity contribution >= 4 is 28.7 Å². The summed E-state index contributed by atoms with van der Waals surface area (Å²) in [7, 11) is 0. The highest BCUT2D eigenvalue weighted by Crippen LogP contribution is 2.11. The molecular weight excluding hydrogens is 237 g/mol. The highest BCUT2D eigenvalue weighted by atomic mass is 32.1. The zero-order valence-corrected chi connectivity index (χ0v) is 10.8. The Morgan fingerprint density at radius 3 is 2.53 bits per heavy atom. The van der Waals surface area contributed by atoms with E-state index in [4.69, 9.17) is 12.2 Å². The predicted octanol–water partition coefficient (Wildman–Crippen LogP) is 3.29. The molecule has 0 saturated carbocycles. The van der Waals surface area contributed by atoms with Crippen LogP contribution >= 0.6 is 12.2 Å². The second-order valence-electron chi connectivity index (χ2n) is 3.43. The van der Waals surface area contributed by atoms with E-state index < -0.39 is 0 Å². The summed E-state index contributed by atoms with van der Waals surface area (Å²) >= 11 is 5.01. The number of para-hydroxylation sites is 1. The number of anilines is 1. The minimum Gasteiger partial charge on any atom is -0.329 e. The molecule has 0 amide bonds. The normalized spacial score (nSPS) is 9.59. The van der Waals surface area contributed by atoms with Gasteiger partial charge < -0.3 is 5.32 Å². The number of benzene rings is 1. The number of thiocarbonyl (C=S) groups is 1. The van der Waals surface area contributed by atoms with Crippen molar-refractivity contribution in [3.8, 4) is 0 Å². The molecule has 0 aliphatic heterocycles. The molecule has 1 aromatic rings. The van der Waals surface area contributed by atoms with E-state index in [1.807, 2.05) is 13.8 Å². The lowest BCUT2D eigenvalue weighted by molar-refractivity contribution is 0.632. The standard InChI is InChI=1S/C12H16FN3S/c1-3-9(4-2)15-16-12(17)14-11-8-6-5-7-10(11)13/h5-8H,3-4H2,1-2H3,(H2,14,16,17). The molecule has 0 aliphatic carbocycles. The van der Waals surface area contributed by atoms with Gasteiger partial charge in [-0.1, -0.05) is 26.0 Å². The molecule has 1 rings (SSSR count). The zero-order chi connectivity index (χ0) is 12.7. The predicted molar refractivity (Wildman–Crippen MR) is 73.8 cm³/mol. The maximum atomic E-state index is 13.3. The van der Waals surface area contributed by atoms with E-state index in [9.17, 15) is 4.39 Å². The molecule has 0 atom stereocenters. The lowest BCUT2D eigenvalue weighted by atomic mass is 10.2. The number of nitrogens with zero attached hydrogens (tertiary/aromatic N) is 1. The summed E-state index contributed by atoms with van der Waals surface area (Å²) in [5, 5.41) is 7.17. The van der Waals surface area contributed by atoms with Crippen molar-refractivity contribution < 1.29 is 4.39 Å². The van der Waals surface area contributed by atoms with Gasteiger partial charge in [0.15, 0.2) is 5.11 Å². The number of rotatable bonds is 4. The van der Waals surface area contributed by atoms with Crippen molar-refractivity contribution in [2.24, 2.45) is 5.10 Å². The smallest absolute Gasteiger partial charge is 0.191 e. The van der Waals surface area contributed by atoms with Crippen LogP contribution in [0.4, 0.5) is 10.1 Å². The second kappa shape index (κ2) is 6.96. The molecular formula is C12H16FN3S. The maximum Gasteiger partial charge on any atom is 0.191 e. The molecule has 3 nitrogen and oxygen atoms in total. The fourth-order valence-electron chi connectivity index (χ4n) is 1.25. The number of hydrogen-bond donors (Lipinski definition) is 2. The van der Waals surface area contributed by atoms with Crippen molar-refractivity contribution in [3.63, 3.8) is 0 Å². The third kappa shape index (κ3) is 4.48. The van der Waals surface area contributed by atoms with E-state index in [-0.39, 0.29) is 10.9 Å². The Balaban J connectivity index is 2.56. The molecule has 1 aromatic carbocycles. The minimum atomic E-state index is -0.341. The summed E-state index contributed by atoms with van der Waals surface area (Å²) in [5.74, 6) is -0.341. The van der Waals surface area contributed by atoms with Gasteiger partial charge >= 0.3 is 0 Å². The quantitative estimate of drug-likeness (QED) is 0.491. The minimum absolute atomic E-state index is 0.287. The highest BCUT2D eigenvalue weighted by Gasteiger charge is 2.02. The Labute approximate surface area is 106 Å². The van der Waals surface area contributed by atoms with Gasteiger partial charge in [-0.3, -0.25) is 5.43 Å². The lowest BCUT2D eigenvalue weighted by Crippen LogP contribution is -2.25. The van der Waals surface area contributed by atoms with Crippen LogP contribution in [-0.2, 0) is 0 Å². The third-order valence-corrected chi connectivity index (χ3v) is 2.45. The summed E-state index contributed by atoms with van der Waals surface area (Å²) in [5.41, 5.74) is 4.06. The topological polar surface area (TPSA) is 36.4 Å². The van der Waals surface area contributed by atoms with Crippen LogP contribution < -0.4 is 10.7 Å². The van der Waals surface area contributed by atoms with E-state index in [1.165, 1.54) is 6.07 Å². The Hall–Kier alpha value is -1.49. The first-order valence-corrected chi connectivity index (χ1v) is 5.95. The van der Waals surface area contributed by atoms with Gasteiger partial charge in [-0.2, -0.15) is 5.10 Å². The molecule has 0 fully saturated rings. The molecule has 0 aliphatic rings. The molecule has 92 valence electrons. The fourth-order valence-corrected chi connectivity index (χ4v) is 1.41. The monoisotopic (exact) mass is 253 g/mol. The molecule has 2 N–H and O–H groups in total. The van der Waals surface area contributed by atoms with Gasteiger partial charge in [0.2, 0.25) is 0 Å². The Bertz CT molecular complexity index is 412. The van der Waals surface area contributed by atoms with Crippen molar-refractivity contribution in [2.45, 2.75) is 26.7 Å². The largest absolute Gasteiger partial charge is 0.329 e. The number of halogens is 1. The maximum absolute atomic E-state index is 13.3. The van der Waals surface area contributed by atoms with Crippen LogP contribution in [0, 0.1) is 5.82 Å². The van der Waals surface area contributed by atoms with Gasteiger partial charge in [-0.05, 0) is 37.2 Å². The van der Waals surface area contributed by atoms with Crippen LogP contribution in [0.5, 0.6) is 0 Å². The summed E-state index contributed by atoms with van der Waals surface area (Å²) < 4.78 is 13.3.